The van der Waals surface area contributed by atoms with Crippen LogP contribution in [0.25, 0.3) is 0 Å². The summed E-state index contributed by atoms with van der Waals surface area (Å²) in [7, 11) is 0. The molecule has 5 nitrogen and oxygen atoms in total. The van der Waals surface area contributed by atoms with Gasteiger partial charge < -0.3 is 15.3 Å². The van der Waals surface area contributed by atoms with E-state index in [1.807, 2.05) is 52.0 Å². The summed E-state index contributed by atoms with van der Waals surface area (Å²) in [6, 6.07) is 6.71. The fourth-order valence-electron chi connectivity index (χ4n) is 3.35. The second-order valence-corrected chi connectivity index (χ2v) is 7.10. The molecule has 1 aliphatic rings. The molecule has 2 N–H and O–H groups in total. The zero-order valence-corrected chi connectivity index (χ0v) is 15.7. The Balaban J connectivity index is 2.23. The molecule has 1 aromatic carbocycles. The van der Waals surface area contributed by atoms with Crippen molar-refractivity contribution < 1.29 is 14.7 Å². The van der Waals surface area contributed by atoms with Crippen LogP contribution in [0.2, 0.25) is 0 Å². The second-order valence-electron chi connectivity index (χ2n) is 7.10. The molecule has 0 aliphatic carbocycles. The molecule has 1 aromatic rings. The third kappa shape index (κ3) is 4.03. The van der Waals surface area contributed by atoms with Gasteiger partial charge in [0, 0.05) is 12.1 Å². The van der Waals surface area contributed by atoms with Crippen molar-refractivity contribution >= 4 is 11.8 Å². The molecule has 25 heavy (non-hydrogen) atoms. The third-order valence-electron chi connectivity index (χ3n) is 5.49. The summed E-state index contributed by atoms with van der Waals surface area (Å²) in [4.78, 5) is 27.5. The molecule has 4 atom stereocenters. The lowest BCUT2D eigenvalue weighted by atomic mass is 9.94. The highest BCUT2D eigenvalue weighted by Gasteiger charge is 2.39. The van der Waals surface area contributed by atoms with Gasteiger partial charge in [-0.05, 0) is 23.5 Å². The number of benzene rings is 1. The average molecular weight is 346 g/mol. The highest BCUT2D eigenvalue weighted by Crippen LogP contribution is 2.28. The number of amides is 2. The summed E-state index contributed by atoms with van der Waals surface area (Å²) < 4.78 is 0. The van der Waals surface area contributed by atoms with E-state index >= 15 is 0 Å². The highest BCUT2D eigenvalue weighted by atomic mass is 16.3. The third-order valence-corrected chi connectivity index (χ3v) is 5.49. The van der Waals surface area contributed by atoms with Crippen molar-refractivity contribution in [3.8, 4) is 0 Å². The van der Waals surface area contributed by atoms with Gasteiger partial charge in [-0.15, -0.1) is 0 Å². The van der Waals surface area contributed by atoms with Crippen LogP contribution in [0.1, 0.15) is 56.5 Å². The molecule has 1 heterocycles. The molecule has 0 saturated heterocycles. The number of aliphatic hydroxyl groups is 1. The molecule has 0 fully saturated rings. The number of carbonyl (C=O) groups is 2. The van der Waals surface area contributed by atoms with E-state index in [1.165, 1.54) is 0 Å². The maximum Gasteiger partial charge on any atom is 0.255 e. The maximum absolute atomic E-state index is 13.0. The monoisotopic (exact) mass is 346 g/mol. The topological polar surface area (TPSA) is 69.6 Å². The van der Waals surface area contributed by atoms with Crippen molar-refractivity contribution in [2.45, 2.75) is 59.2 Å². The van der Waals surface area contributed by atoms with Crippen molar-refractivity contribution in [3.05, 3.63) is 35.4 Å². The smallest absolute Gasteiger partial charge is 0.255 e. The predicted octanol–water partition coefficient (Wildman–Crippen LogP) is 2.58. The molecule has 0 bridgehead atoms. The van der Waals surface area contributed by atoms with Crippen LogP contribution in [0, 0.1) is 11.8 Å². The van der Waals surface area contributed by atoms with Crippen LogP contribution >= 0.6 is 0 Å². The zero-order valence-electron chi connectivity index (χ0n) is 15.7. The van der Waals surface area contributed by atoms with Gasteiger partial charge in [-0.2, -0.15) is 0 Å². The van der Waals surface area contributed by atoms with Gasteiger partial charge in [-0.25, -0.2) is 0 Å². The van der Waals surface area contributed by atoms with E-state index < -0.39 is 6.04 Å². The van der Waals surface area contributed by atoms with Crippen molar-refractivity contribution in [1.82, 2.24) is 10.2 Å². The predicted molar refractivity (Wildman–Crippen MR) is 98.0 cm³/mol. The number of aliphatic hydroxyl groups excluding tert-OH is 1. The molecule has 0 radical (unpaired) electrons. The molecule has 5 heteroatoms. The first-order chi connectivity index (χ1) is 11.9. The fourth-order valence-corrected chi connectivity index (χ4v) is 3.35. The minimum absolute atomic E-state index is 0.0366. The lowest BCUT2D eigenvalue weighted by Crippen LogP contribution is -2.54. The molecule has 0 saturated carbocycles. The normalized spacial score (nSPS) is 18.4. The Morgan fingerprint density at radius 3 is 2.40 bits per heavy atom. The molecular formula is C20H30N2O3. The molecule has 0 unspecified atom stereocenters. The van der Waals surface area contributed by atoms with E-state index in [4.69, 9.17) is 0 Å². The minimum atomic E-state index is -0.525. The van der Waals surface area contributed by atoms with Gasteiger partial charge in [0.05, 0.1) is 12.6 Å². The van der Waals surface area contributed by atoms with Gasteiger partial charge in [0.1, 0.15) is 6.04 Å². The van der Waals surface area contributed by atoms with Gasteiger partial charge in [0.25, 0.3) is 5.91 Å². The van der Waals surface area contributed by atoms with Gasteiger partial charge in [-0.3, -0.25) is 9.59 Å². The molecule has 0 aromatic heterocycles. The number of fused-ring (bicyclic) bond motifs is 1. The Bertz CT molecular complexity index is 617. The minimum Gasteiger partial charge on any atom is -0.394 e. The van der Waals surface area contributed by atoms with E-state index in [9.17, 15) is 14.7 Å². The first-order valence-electron chi connectivity index (χ1n) is 9.24. The summed E-state index contributed by atoms with van der Waals surface area (Å²) in [5, 5.41) is 12.6. The number of carbonyl (C=O) groups excluding carboxylic acids is 2. The van der Waals surface area contributed by atoms with Gasteiger partial charge >= 0.3 is 0 Å². The Kier molecular flexibility index (Phi) is 6.59. The molecule has 1 aliphatic heterocycles. The molecule has 0 spiro atoms. The summed E-state index contributed by atoms with van der Waals surface area (Å²) >= 11 is 0. The van der Waals surface area contributed by atoms with Crippen LogP contribution in [0.5, 0.6) is 0 Å². The molecule has 2 amide bonds. The standard InChI is InChI=1S/C20H30N2O3/c1-5-13(3)17(12-23)21-19(24)18(14(4)6-2)22-11-15-9-7-8-10-16(15)20(22)25/h7-10,13-14,17-18,23H,5-6,11-12H2,1-4H3,(H,21,24)/t13-,14-,17-,18+/m0/s1. The number of hydrogen-bond donors (Lipinski definition) is 2. The highest BCUT2D eigenvalue weighted by molar-refractivity contribution is 6.01. The molecular weight excluding hydrogens is 316 g/mol. The van der Waals surface area contributed by atoms with Crippen molar-refractivity contribution in [2.75, 3.05) is 6.61 Å². The van der Waals surface area contributed by atoms with Crippen molar-refractivity contribution in [1.29, 1.82) is 0 Å². The second kappa shape index (κ2) is 8.48. The van der Waals surface area contributed by atoms with E-state index in [2.05, 4.69) is 5.32 Å². The van der Waals surface area contributed by atoms with E-state index in [0.717, 1.165) is 18.4 Å². The van der Waals surface area contributed by atoms with Crippen LogP contribution in [-0.4, -0.2) is 40.5 Å². The van der Waals surface area contributed by atoms with Gasteiger partial charge in [0.2, 0.25) is 5.91 Å². The number of nitrogens with zero attached hydrogens (tertiary/aromatic N) is 1. The molecule has 138 valence electrons. The van der Waals surface area contributed by atoms with Gasteiger partial charge in [-0.1, -0.05) is 58.7 Å². The first-order valence-corrected chi connectivity index (χ1v) is 9.24. The summed E-state index contributed by atoms with van der Waals surface area (Å²) in [6.07, 6.45) is 1.67. The summed E-state index contributed by atoms with van der Waals surface area (Å²) in [5.74, 6) is -0.0393. The van der Waals surface area contributed by atoms with Crippen LogP contribution < -0.4 is 5.32 Å². The Morgan fingerprint density at radius 1 is 1.20 bits per heavy atom. The van der Waals surface area contributed by atoms with E-state index in [1.54, 1.807) is 4.90 Å². The first kappa shape index (κ1) is 19.4. The quantitative estimate of drug-likeness (QED) is 0.760. The lowest BCUT2D eigenvalue weighted by Gasteiger charge is -2.33. The largest absolute Gasteiger partial charge is 0.394 e. The SMILES string of the molecule is CC[C@H](C)[C@H](CO)NC(=O)[C@@H]([C@@H](C)CC)N1Cc2ccccc2C1=O. The maximum atomic E-state index is 13.0. The number of rotatable bonds is 8. The zero-order chi connectivity index (χ0) is 18.6. The average Bonchev–Trinajstić information content (AvgIpc) is 2.95. The summed E-state index contributed by atoms with van der Waals surface area (Å²) in [6.45, 7) is 8.43. The Hall–Kier alpha value is -1.88. The van der Waals surface area contributed by atoms with Crippen LogP contribution in [0.3, 0.4) is 0 Å². The van der Waals surface area contributed by atoms with E-state index in [0.29, 0.717) is 12.1 Å². The Labute approximate surface area is 150 Å². The van der Waals surface area contributed by atoms with Crippen LogP contribution in [0.4, 0.5) is 0 Å². The lowest BCUT2D eigenvalue weighted by molar-refractivity contribution is -0.129. The Morgan fingerprint density at radius 2 is 1.84 bits per heavy atom. The van der Waals surface area contributed by atoms with Crippen LogP contribution in [-0.2, 0) is 11.3 Å². The van der Waals surface area contributed by atoms with Crippen molar-refractivity contribution in [2.24, 2.45) is 11.8 Å². The summed E-state index contributed by atoms with van der Waals surface area (Å²) in [5.41, 5.74) is 1.65. The van der Waals surface area contributed by atoms with Crippen molar-refractivity contribution in [3.63, 3.8) is 0 Å². The van der Waals surface area contributed by atoms with Gasteiger partial charge in [0.15, 0.2) is 0 Å². The number of nitrogens with one attached hydrogen (secondary N) is 1. The van der Waals surface area contributed by atoms with Crippen LogP contribution in [0.15, 0.2) is 24.3 Å². The molecule has 2 rings (SSSR count). The fraction of sp³-hybridized carbons (Fsp3) is 0.600. The van der Waals surface area contributed by atoms with E-state index in [-0.39, 0.29) is 36.3 Å². The number of hydrogen-bond acceptors (Lipinski definition) is 3.